The van der Waals surface area contributed by atoms with Gasteiger partial charge in [0.05, 0.1) is 25.8 Å². The van der Waals surface area contributed by atoms with Crippen LogP contribution in [0.5, 0.6) is 5.75 Å². The first-order valence-electron chi connectivity index (χ1n) is 8.95. The van der Waals surface area contributed by atoms with E-state index in [0.717, 1.165) is 36.3 Å². The van der Waals surface area contributed by atoms with Crippen LogP contribution >= 0.6 is 12.2 Å². The number of aryl methyl sites for hydroxylation is 1. The number of thiocarbonyl (C=S) groups is 1. The fourth-order valence-corrected chi connectivity index (χ4v) is 3.74. The second-order valence-electron chi connectivity index (χ2n) is 6.58. The maximum atomic E-state index is 11.9. The van der Waals surface area contributed by atoms with Crippen LogP contribution in [0.1, 0.15) is 45.9 Å². The van der Waals surface area contributed by atoms with E-state index >= 15 is 0 Å². The Kier molecular flexibility index (Phi) is 5.96. The van der Waals surface area contributed by atoms with Gasteiger partial charge in [0.15, 0.2) is 5.11 Å². The third-order valence-corrected chi connectivity index (χ3v) is 5.18. The minimum atomic E-state index is -0.356. The lowest BCUT2D eigenvalue weighted by Gasteiger charge is -2.28. The predicted molar refractivity (Wildman–Crippen MR) is 111 cm³/mol. The number of ether oxygens (including phenoxy) is 2. The topological polar surface area (TPSA) is 59.6 Å². The summed E-state index contributed by atoms with van der Waals surface area (Å²) in [5, 5.41) is 7.17. The molecule has 1 atom stereocenters. The van der Waals surface area contributed by atoms with E-state index in [2.05, 4.69) is 22.8 Å². The summed E-state index contributed by atoms with van der Waals surface area (Å²) in [6.45, 7) is 1.87. The largest absolute Gasteiger partial charge is 0.497 e. The van der Waals surface area contributed by atoms with E-state index in [9.17, 15) is 4.79 Å². The minimum absolute atomic E-state index is 0.156. The zero-order chi connectivity index (χ0) is 19.4. The van der Waals surface area contributed by atoms with Crippen molar-refractivity contribution in [3.05, 3.63) is 58.7 Å². The Morgan fingerprint density at radius 1 is 1.22 bits per heavy atom. The van der Waals surface area contributed by atoms with Gasteiger partial charge in [-0.05, 0) is 79.4 Å². The first-order chi connectivity index (χ1) is 13.0. The first kappa shape index (κ1) is 19.2. The van der Waals surface area contributed by atoms with E-state index in [1.165, 1.54) is 18.2 Å². The molecule has 0 radical (unpaired) electrons. The Morgan fingerprint density at radius 3 is 2.78 bits per heavy atom. The lowest BCUT2D eigenvalue weighted by molar-refractivity contribution is 0.0600. The van der Waals surface area contributed by atoms with Crippen LogP contribution in [0, 0.1) is 6.92 Å². The smallest absolute Gasteiger partial charge is 0.338 e. The van der Waals surface area contributed by atoms with Gasteiger partial charge in [-0.2, -0.15) is 0 Å². The van der Waals surface area contributed by atoms with Crippen LogP contribution in [0.3, 0.4) is 0 Å². The lowest BCUT2D eigenvalue weighted by atomic mass is 9.87. The Hall–Kier alpha value is -2.60. The highest BCUT2D eigenvalue weighted by atomic mass is 32.1. The fraction of sp³-hybridized carbons (Fsp3) is 0.333. The summed E-state index contributed by atoms with van der Waals surface area (Å²) in [7, 11) is 3.06. The SMILES string of the molecule is COC(=O)c1cccc(NC(=S)N[C@H]2CCCc3cc(OC)ccc32)c1C. The highest BCUT2D eigenvalue weighted by Crippen LogP contribution is 2.32. The Labute approximate surface area is 165 Å². The summed E-state index contributed by atoms with van der Waals surface area (Å²) >= 11 is 5.53. The average molecular weight is 385 g/mol. The standard InChI is InChI=1S/C21H24N2O3S/c1-13-16(20(24)26-3)7-5-8-18(13)22-21(27)23-19-9-4-6-14-12-15(25-2)10-11-17(14)19/h5,7-8,10-12,19H,4,6,9H2,1-3H3,(H2,22,23,27)/t19-/m0/s1. The normalized spacial score (nSPS) is 15.4. The number of hydrogen-bond donors (Lipinski definition) is 2. The second-order valence-corrected chi connectivity index (χ2v) is 6.99. The van der Waals surface area contributed by atoms with Crippen molar-refractivity contribution in [2.75, 3.05) is 19.5 Å². The maximum Gasteiger partial charge on any atom is 0.338 e. The number of esters is 1. The van der Waals surface area contributed by atoms with E-state index in [1.54, 1.807) is 13.2 Å². The molecule has 3 rings (SSSR count). The van der Waals surface area contributed by atoms with Crippen LogP contribution in [0.15, 0.2) is 36.4 Å². The third-order valence-electron chi connectivity index (χ3n) is 4.96. The highest BCUT2D eigenvalue weighted by molar-refractivity contribution is 7.80. The molecule has 0 amide bonds. The molecular weight excluding hydrogens is 360 g/mol. The maximum absolute atomic E-state index is 11.9. The van der Waals surface area contributed by atoms with Gasteiger partial charge in [0.2, 0.25) is 0 Å². The monoisotopic (exact) mass is 384 g/mol. The van der Waals surface area contributed by atoms with Crippen molar-refractivity contribution >= 4 is 29.0 Å². The molecule has 1 aliphatic rings. The van der Waals surface area contributed by atoms with Crippen LogP contribution in [-0.2, 0) is 11.2 Å². The van der Waals surface area contributed by atoms with Gasteiger partial charge in [0.25, 0.3) is 0 Å². The number of nitrogens with one attached hydrogen (secondary N) is 2. The Bertz CT molecular complexity index is 867. The van der Waals surface area contributed by atoms with Crippen LogP contribution < -0.4 is 15.4 Å². The Balaban J connectivity index is 1.74. The van der Waals surface area contributed by atoms with Gasteiger partial charge < -0.3 is 20.1 Å². The molecule has 2 aromatic rings. The average Bonchev–Trinajstić information content (AvgIpc) is 2.68. The molecule has 0 fully saturated rings. The minimum Gasteiger partial charge on any atom is -0.497 e. The number of carbonyl (C=O) groups is 1. The molecule has 0 saturated heterocycles. The summed E-state index contributed by atoms with van der Waals surface area (Å²) < 4.78 is 10.2. The van der Waals surface area contributed by atoms with E-state index in [0.29, 0.717) is 10.7 Å². The molecule has 0 aromatic heterocycles. The molecular formula is C21H24N2O3S. The molecule has 0 bridgehead atoms. The number of anilines is 1. The van der Waals surface area contributed by atoms with Crippen molar-refractivity contribution in [2.24, 2.45) is 0 Å². The molecule has 0 heterocycles. The molecule has 0 spiro atoms. The molecule has 27 heavy (non-hydrogen) atoms. The van der Waals surface area contributed by atoms with E-state index < -0.39 is 0 Å². The first-order valence-corrected chi connectivity index (χ1v) is 9.36. The number of rotatable bonds is 4. The van der Waals surface area contributed by atoms with Crippen molar-refractivity contribution in [1.29, 1.82) is 0 Å². The van der Waals surface area contributed by atoms with Crippen molar-refractivity contribution in [1.82, 2.24) is 5.32 Å². The van der Waals surface area contributed by atoms with Crippen molar-refractivity contribution < 1.29 is 14.3 Å². The summed E-state index contributed by atoms with van der Waals surface area (Å²) in [5.74, 6) is 0.524. The number of benzene rings is 2. The summed E-state index contributed by atoms with van der Waals surface area (Å²) in [6, 6.07) is 11.8. The van der Waals surface area contributed by atoms with Crippen LogP contribution in [-0.4, -0.2) is 25.3 Å². The van der Waals surface area contributed by atoms with E-state index in [4.69, 9.17) is 21.7 Å². The van der Waals surface area contributed by atoms with Crippen LogP contribution in [0.4, 0.5) is 5.69 Å². The van der Waals surface area contributed by atoms with Gasteiger partial charge >= 0.3 is 5.97 Å². The molecule has 5 nitrogen and oxygen atoms in total. The van der Waals surface area contributed by atoms with Crippen molar-refractivity contribution in [3.63, 3.8) is 0 Å². The third kappa shape index (κ3) is 4.22. The van der Waals surface area contributed by atoms with Crippen LogP contribution in [0.25, 0.3) is 0 Å². The molecule has 2 aromatic carbocycles. The molecule has 0 saturated carbocycles. The molecule has 1 aliphatic carbocycles. The summed E-state index contributed by atoms with van der Waals surface area (Å²) in [6.07, 6.45) is 3.16. The molecule has 6 heteroatoms. The number of hydrogen-bond acceptors (Lipinski definition) is 4. The predicted octanol–water partition coefficient (Wildman–Crippen LogP) is 4.15. The molecule has 0 unspecified atom stereocenters. The van der Waals surface area contributed by atoms with Gasteiger partial charge in [-0.3, -0.25) is 0 Å². The lowest BCUT2D eigenvalue weighted by Crippen LogP contribution is -2.34. The molecule has 2 N–H and O–H groups in total. The van der Waals surface area contributed by atoms with E-state index in [-0.39, 0.29) is 12.0 Å². The van der Waals surface area contributed by atoms with Gasteiger partial charge in [0, 0.05) is 5.69 Å². The van der Waals surface area contributed by atoms with Gasteiger partial charge in [0.1, 0.15) is 5.75 Å². The van der Waals surface area contributed by atoms with Gasteiger partial charge in [-0.1, -0.05) is 12.1 Å². The van der Waals surface area contributed by atoms with E-state index in [1.807, 2.05) is 25.1 Å². The zero-order valence-corrected chi connectivity index (χ0v) is 16.6. The van der Waals surface area contributed by atoms with Crippen molar-refractivity contribution in [2.45, 2.75) is 32.2 Å². The summed E-state index contributed by atoms with van der Waals surface area (Å²) in [5.41, 5.74) is 4.68. The Morgan fingerprint density at radius 2 is 2.04 bits per heavy atom. The van der Waals surface area contributed by atoms with Crippen LogP contribution in [0.2, 0.25) is 0 Å². The highest BCUT2D eigenvalue weighted by Gasteiger charge is 2.21. The number of methoxy groups -OCH3 is 2. The van der Waals surface area contributed by atoms with Gasteiger partial charge in [-0.25, -0.2) is 4.79 Å². The quantitative estimate of drug-likeness (QED) is 0.610. The molecule has 142 valence electrons. The molecule has 0 aliphatic heterocycles. The number of fused-ring (bicyclic) bond motifs is 1. The number of carbonyl (C=O) groups excluding carboxylic acids is 1. The second kappa shape index (κ2) is 8.39. The van der Waals surface area contributed by atoms with Crippen molar-refractivity contribution in [3.8, 4) is 5.75 Å². The zero-order valence-electron chi connectivity index (χ0n) is 15.8. The fourth-order valence-electron chi connectivity index (χ4n) is 3.49. The van der Waals surface area contributed by atoms with Gasteiger partial charge in [-0.15, -0.1) is 0 Å². The summed E-state index contributed by atoms with van der Waals surface area (Å²) in [4.78, 5) is 11.9.